The summed E-state index contributed by atoms with van der Waals surface area (Å²) in [6, 6.07) is 21.6. The highest BCUT2D eigenvalue weighted by molar-refractivity contribution is 7.86. The summed E-state index contributed by atoms with van der Waals surface area (Å²) in [5, 5.41) is 50.1. The number of nitrogens with zero attached hydrogens (tertiary/aromatic N) is 9. The fraction of sp³-hybridized carbons (Fsp3) is 0.409. The fourth-order valence-corrected chi connectivity index (χ4v) is 25.2. The molecule has 0 spiro atoms. The van der Waals surface area contributed by atoms with Gasteiger partial charge >= 0.3 is 46.9 Å². The number of aromatic nitrogens is 6. The lowest BCUT2D eigenvalue weighted by molar-refractivity contribution is -0.908. The summed E-state index contributed by atoms with van der Waals surface area (Å²) in [6.45, 7) is 21.2. The second-order valence-electron chi connectivity index (χ2n) is 35.1. The summed E-state index contributed by atoms with van der Waals surface area (Å²) < 4.78 is 190. The van der Waals surface area contributed by atoms with E-state index < -0.39 is 140 Å². The molecule has 13 unspecified atom stereocenters. The average molecular weight is 2160 g/mol. The quantitative estimate of drug-likeness (QED) is 0.00741. The molecule has 48 nitrogen and oxygen atoms in total. The zero-order chi connectivity index (χ0) is 105. The molecule has 4 aromatic carbocycles. The van der Waals surface area contributed by atoms with Crippen molar-refractivity contribution in [2.75, 3.05) is 87.3 Å². The fourth-order valence-electron chi connectivity index (χ4n) is 17.9. The number of unbranched alkanes of at least 4 members (excludes halogenated alkanes) is 2. The molecule has 784 valence electrons. The lowest BCUT2D eigenvalue weighted by atomic mass is 9.81. The minimum atomic E-state index is -5.82. The van der Waals surface area contributed by atoms with Crippen LogP contribution in [0.3, 0.4) is 0 Å². The summed E-state index contributed by atoms with van der Waals surface area (Å²) in [6.07, 6.45) is 13.3. The molecule has 0 bridgehead atoms. The number of likely N-dealkylation sites (N-methyl/N-ethyl adjacent to an activating group) is 2. The number of hydrogen-bond donors (Lipinski definition) is 18. The number of benzene rings is 4. The molecule has 20 N–H and O–H groups in total. The van der Waals surface area contributed by atoms with Crippen LogP contribution in [0.1, 0.15) is 145 Å². The number of allylic oxidation sites excluding steroid dienone is 5. The Bertz CT molecular complexity index is 7040. The predicted molar refractivity (Wildman–Crippen MR) is 526 cm³/mol. The van der Waals surface area contributed by atoms with E-state index >= 15 is 0 Å². The van der Waals surface area contributed by atoms with Crippen LogP contribution in [0.4, 0.5) is 28.7 Å². The molecule has 14 rings (SSSR count). The number of carbonyl (C=O) groups excluding carboxylic acids is 1. The van der Waals surface area contributed by atoms with Gasteiger partial charge in [0.1, 0.15) is 106 Å². The maximum atomic E-state index is 13.1. The second kappa shape index (κ2) is 45.1. The number of aliphatic hydroxyl groups excluding tert-OH is 4. The van der Waals surface area contributed by atoms with E-state index in [1.807, 2.05) is 64.2 Å². The minimum Gasteiger partial charge on any atom is -0.744 e. The maximum absolute atomic E-state index is 13.1. The second-order valence-corrected chi connectivity index (χ2v) is 46.7. The van der Waals surface area contributed by atoms with Crippen LogP contribution < -0.4 is 41.5 Å². The van der Waals surface area contributed by atoms with Gasteiger partial charge < -0.3 is 124 Å². The molecular weight excluding hydrogens is 2050 g/mol. The summed E-state index contributed by atoms with van der Waals surface area (Å²) in [5.41, 5.74) is 23.5. The standard InChI is InChI=1S/C46H60N7O17P3S.C41H52N7O17P3S.CH4/c1-7-51-33-19-17-28(2)23-31(33)45(3,4)36(51)14-11-15-37-46(5,6)32-24-30(74(64,65)66)18-20-34(32)52(37)22-10-8-9-16-38(54)48-21-12-13-29-25-53(43-39(29)42(47)49-27-50-43)44-41(56)40(55)35(68-44)26-67-72(60,61)70-73(62,63)69-71(57,58)59;1-5-46(4)26-11-14-28-31(18-26)62-32-19-27(47(6-2)7-3)12-15-29(32)36(28)30-13-10-24(17-34(30)69(58,59)60)20-43-16-8-9-25-21-48(40-35(25)39(42)44-23-45-40)41-38(50)37(49)33(63-41)22-61-67(54,55)65-68(56,57)64-66(51,52)53;/h11-15,17-20,23-25,27,35,40-41,44,55-56H,7-10,16,21-22,26H2,1-6H3,(H7-,47,48,49,50,54,57,58,59,60,61,62,63,64,65,66);8-15,17-19,21,23,27,33,37-38,41,43,49-50H,5-7,16,20,22H2,1-4H3,(H,54,55)(H,56,57)(H2,42,44,45)(H2,51,52,53)(H,58,59,60);1H4/p+1. The monoisotopic (exact) mass is 2160 g/mol. The molecule has 56 heteroatoms. The predicted octanol–water partition coefficient (Wildman–Crippen LogP) is 8.27. The SMILES string of the molecule is C.CCN(C)c1ccc2c(c1)OC1=CC([NH+](CC)CC)C=CC1=C2c1ccc(CNCC=Cc2cn(C3OC(COP(=O)(O)OP(=O)(O)OP(=O)(O)O)C(O)C3O)c3ncnc(N)c23)cc1S(=O)(=O)[O-].CCN1C(=CC=CC2=[N+](CCCCCC(=O)NCC=Cc3cn(C4OC(COP(=O)(O)OP(=O)(O)OP(=O)(O)O)C(O)C4O)c4ncnc(N)c34)c3ccc(S(=O)(=O)O)cc3C2(C)C)C(C)(C)c2cc(C)ccc21. The number of nitrogens with one attached hydrogen (secondary N) is 3. The van der Waals surface area contributed by atoms with E-state index in [0.29, 0.717) is 81.5 Å². The molecule has 1 amide bonds. The van der Waals surface area contributed by atoms with Crippen LogP contribution in [-0.4, -0.2) is 240 Å². The van der Waals surface area contributed by atoms with E-state index in [1.54, 1.807) is 42.5 Å². The zero-order valence-electron chi connectivity index (χ0n) is 78.7. The first-order valence-electron chi connectivity index (χ1n) is 44.7. The van der Waals surface area contributed by atoms with Crippen molar-refractivity contribution in [1.29, 1.82) is 0 Å². The molecule has 2 saturated heterocycles. The number of fused-ring (bicyclic) bond motifs is 6. The van der Waals surface area contributed by atoms with Gasteiger partial charge in [0.25, 0.3) is 10.1 Å². The van der Waals surface area contributed by atoms with Crippen molar-refractivity contribution < 1.29 is 168 Å². The van der Waals surface area contributed by atoms with Gasteiger partial charge in [-0.05, 0) is 127 Å². The average Bonchev–Trinajstić information content (AvgIpc) is 1.62. The van der Waals surface area contributed by atoms with Crippen molar-refractivity contribution in [3.8, 4) is 5.75 Å². The molecular formula is C88H117N14O34P6S2+. The summed E-state index contributed by atoms with van der Waals surface area (Å²) in [5.74, 6) is 0.967. The van der Waals surface area contributed by atoms with E-state index in [4.69, 9.17) is 45.3 Å². The number of phosphoric acid groups is 6. The van der Waals surface area contributed by atoms with Crippen LogP contribution >= 0.6 is 46.9 Å². The van der Waals surface area contributed by atoms with Crippen molar-refractivity contribution in [1.82, 2.24) is 39.7 Å². The van der Waals surface area contributed by atoms with Crippen LogP contribution in [0, 0.1) is 6.92 Å². The zero-order valence-corrected chi connectivity index (χ0v) is 85.7. The topological polar surface area (TPSA) is 708 Å². The van der Waals surface area contributed by atoms with E-state index in [2.05, 4.69) is 149 Å². The van der Waals surface area contributed by atoms with Crippen molar-refractivity contribution in [2.45, 2.75) is 178 Å². The number of carbonyl (C=O) groups is 1. The molecule has 9 heterocycles. The normalized spacial score (nSPS) is 22.4. The number of anilines is 4. The minimum absolute atomic E-state index is 0. The van der Waals surface area contributed by atoms with Gasteiger partial charge in [-0.1, -0.05) is 81.5 Å². The first-order chi connectivity index (χ1) is 66.9. The van der Waals surface area contributed by atoms with Crippen LogP contribution in [0.25, 0.3) is 39.8 Å². The van der Waals surface area contributed by atoms with Gasteiger partial charge in [0, 0.05) is 151 Å². The molecule has 144 heavy (non-hydrogen) atoms. The Kier molecular flexibility index (Phi) is 35.5. The van der Waals surface area contributed by atoms with Gasteiger partial charge in [0.05, 0.1) is 52.3 Å². The number of nitrogen functional groups attached to an aromatic ring is 2. The van der Waals surface area contributed by atoms with Crippen LogP contribution in [0.2, 0.25) is 0 Å². The van der Waals surface area contributed by atoms with Crippen molar-refractivity contribution in [3.05, 3.63) is 208 Å². The molecule has 4 aromatic heterocycles. The third-order valence-corrected chi connectivity index (χ3v) is 34.1. The lowest BCUT2D eigenvalue weighted by Gasteiger charge is -2.32. The van der Waals surface area contributed by atoms with E-state index in [-0.39, 0.29) is 84.2 Å². The summed E-state index contributed by atoms with van der Waals surface area (Å²) >= 11 is 0. The van der Waals surface area contributed by atoms with E-state index in [9.17, 15) is 98.1 Å². The Hall–Kier alpha value is -9.24. The molecule has 0 radical (unpaired) electrons. The number of aryl methyl sites for hydroxylation is 1. The Morgan fingerprint density at radius 2 is 1.23 bits per heavy atom. The summed E-state index contributed by atoms with van der Waals surface area (Å²) in [4.78, 5) is 108. The molecule has 2 fully saturated rings. The van der Waals surface area contributed by atoms with Gasteiger partial charge in [-0.3, -0.25) is 18.4 Å². The van der Waals surface area contributed by atoms with Crippen molar-refractivity contribution in [3.63, 3.8) is 0 Å². The highest BCUT2D eigenvalue weighted by Gasteiger charge is 2.51. The lowest BCUT2D eigenvalue weighted by Crippen LogP contribution is -3.14. The molecule has 8 aromatic rings. The third kappa shape index (κ3) is 26.2. The van der Waals surface area contributed by atoms with Gasteiger partial charge in [0.15, 0.2) is 18.2 Å². The first-order valence-corrected chi connectivity index (χ1v) is 56.6. The Labute approximate surface area is 828 Å². The van der Waals surface area contributed by atoms with Crippen molar-refractivity contribution in [2.24, 2.45) is 0 Å². The smallest absolute Gasteiger partial charge is 0.490 e. The van der Waals surface area contributed by atoms with Crippen LogP contribution in [-0.2, 0) is 106 Å². The molecule has 0 saturated carbocycles. The Morgan fingerprint density at radius 1 is 0.667 bits per heavy atom. The van der Waals surface area contributed by atoms with E-state index in [0.717, 1.165) is 67.2 Å². The Morgan fingerprint density at radius 3 is 1.76 bits per heavy atom. The van der Waals surface area contributed by atoms with Gasteiger partial charge in [-0.25, -0.2) is 55.7 Å². The molecule has 13 atom stereocenters. The number of nitrogens with two attached hydrogens (primary N) is 2. The van der Waals surface area contributed by atoms with Crippen LogP contribution in [0.15, 0.2) is 173 Å². The largest absolute Gasteiger partial charge is 0.744 e. The highest BCUT2D eigenvalue weighted by Crippen LogP contribution is 2.68. The molecule has 6 aliphatic rings. The van der Waals surface area contributed by atoms with Crippen LogP contribution in [0.5, 0.6) is 5.75 Å². The van der Waals surface area contributed by atoms with E-state index in [1.165, 1.54) is 61.4 Å². The molecule has 1 aliphatic carbocycles. The number of hydrogen-bond acceptors (Lipinski definition) is 34. The maximum Gasteiger partial charge on any atom is 0.490 e. The van der Waals surface area contributed by atoms with Gasteiger partial charge in [-0.15, -0.1) is 0 Å². The number of quaternary nitrogens is 1. The molecule has 5 aliphatic heterocycles. The Balaban J connectivity index is 0.000000255. The number of amides is 1. The highest BCUT2D eigenvalue weighted by atomic mass is 32.2. The van der Waals surface area contributed by atoms with Gasteiger partial charge in [-0.2, -0.15) is 30.2 Å². The number of rotatable bonds is 41. The summed E-state index contributed by atoms with van der Waals surface area (Å²) in [7, 11) is -41.6. The van der Waals surface area contributed by atoms with Gasteiger partial charge in [0.2, 0.25) is 11.6 Å². The number of aliphatic hydroxyl groups is 4. The third-order valence-electron chi connectivity index (χ3n) is 24.8. The van der Waals surface area contributed by atoms with Crippen molar-refractivity contribution >= 4 is 147 Å². The first kappa shape index (κ1) is 113. The number of ether oxygens (including phenoxy) is 3. The number of phosphoric ester groups is 2.